The Balaban J connectivity index is 1.55. The first-order chi connectivity index (χ1) is 13.9. The average molecular weight is 421 g/mol. The fraction of sp³-hybridized carbons (Fsp3) is 0.350. The van der Waals surface area contributed by atoms with Crippen LogP contribution in [0.1, 0.15) is 0 Å². The van der Waals surface area contributed by atoms with Crippen molar-refractivity contribution in [3.63, 3.8) is 0 Å². The number of carbonyl (C=O) groups is 1. The predicted octanol–water partition coefficient (Wildman–Crippen LogP) is 3.35. The van der Waals surface area contributed by atoms with E-state index in [0.717, 1.165) is 5.69 Å². The minimum atomic E-state index is -2.47. The number of hydrogen-bond donors (Lipinski definition) is 3. The van der Waals surface area contributed by atoms with E-state index in [9.17, 15) is 18.3 Å². The molecule has 0 spiro atoms. The van der Waals surface area contributed by atoms with E-state index in [2.05, 4.69) is 4.90 Å². The Morgan fingerprint density at radius 1 is 1.14 bits per heavy atom. The van der Waals surface area contributed by atoms with Gasteiger partial charge in [-0.1, -0.05) is 12.1 Å². The third-order valence-electron chi connectivity index (χ3n) is 5.30. The van der Waals surface area contributed by atoms with E-state index in [-0.39, 0.29) is 12.6 Å². The van der Waals surface area contributed by atoms with Crippen molar-refractivity contribution in [2.24, 2.45) is 5.73 Å². The van der Waals surface area contributed by atoms with E-state index in [1.165, 1.54) is 11.0 Å². The number of rotatable bonds is 4. The highest BCUT2D eigenvalue weighted by Crippen LogP contribution is 2.41. The van der Waals surface area contributed by atoms with Gasteiger partial charge >= 0.3 is 6.09 Å². The molecule has 2 fully saturated rings. The van der Waals surface area contributed by atoms with Crippen LogP contribution in [0.2, 0.25) is 0 Å². The zero-order valence-corrected chi connectivity index (χ0v) is 16.6. The molecular formula is C20H24FN3O4S. The molecule has 0 radical (unpaired) electrons. The second kappa shape index (κ2) is 7.83. The highest BCUT2D eigenvalue weighted by molar-refractivity contribution is 8.24. The summed E-state index contributed by atoms with van der Waals surface area (Å²) >= 11 is 0. The van der Waals surface area contributed by atoms with Crippen LogP contribution >= 0.6 is 10.6 Å². The highest BCUT2D eigenvalue weighted by Gasteiger charge is 2.31. The van der Waals surface area contributed by atoms with Gasteiger partial charge in [0, 0.05) is 30.9 Å². The van der Waals surface area contributed by atoms with Crippen molar-refractivity contribution in [3.05, 3.63) is 48.3 Å². The molecular weight excluding hydrogens is 397 g/mol. The molecule has 2 heterocycles. The summed E-state index contributed by atoms with van der Waals surface area (Å²) in [7, 11) is -2.47. The third kappa shape index (κ3) is 4.18. The van der Waals surface area contributed by atoms with Gasteiger partial charge in [0.25, 0.3) is 0 Å². The molecule has 1 atom stereocenters. The lowest BCUT2D eigenvalue weighted by Gasteiger charge is -2.42. The largest absolute Gasteiger partial charge is 0.443 e. The second-order valence-corrected chi connectivity index (χ2v) is 9.68. The number of cyclic esters (lactones) is 1. The lowest BCUT2D eigenvalue weighted by molar-refractivity contribution is 0.145. The summed E-state index contributed by atoms with van der Waals surface area (Å²) in [5.41, 5.74) is 8.04. The molecule has 2 aromatic carbocycles. The van der Waals surface area contributed by atoms with Crippen LogP contribution in [0.25, 0.3) is 11.1 Å². The Hall–Kier alpha value is -2.33. The summed E-state index contributed by atoms with van der Waals surface area (Å²) in [6.45, 7) is 1.62. The summed E-state index contributed by atoms with van der Waals surface area (Å²) < 4.78 is 39.6. The van der Waals surface area contributed by atoms with Crippen LogP contribution in [0.5, 0.6) is 0 Å². The third-order valence-corrected chi connectivity index (χ3v) is 6.97. The van der Waals surface area contributed by atoms with Crippen LogP contribution in [0, 0.1) is 5.82 Å². The van der Waals surface area contributed by atoms with E-state index in [1.807, 2.05) is 24.3 Å². The van der Waals surface area contributed by atoms with Crippen molar-refractivity contribution in [1.82, 2.24) is 0 Å². The van der Waals surface area contributed by atoms with Crippen molar-refractivity contribution >= 4 is 28.1 Å². The predicted molar refractivity (Wildman–Crippen MR) is 113 cm³/mol. The van der Waals surface area contributed by atoms with Crippen molar-refractivity contribution in [3.8, 4) is 11.1 Å². The maximum absolute atomic E-state index is 14.9. The van der Waals surface area contributed by atoms with Gasteiger partial charge in [0.15, 0.2) is 0 Å². The number of nitrogens with two attached hydrogens (primary N) is 1. The minimum Gasteiger partial charge on any atom is -0.443 e. The Labute approximate surface area is 170 Å². The van der Waals surface area contributed by atoms with E-state index in [0.29, 0.717) is 48.0 Å². The first-order valence-electron chi connectivity index (χ1n) is 9.43. The molecule has 0 bridgehead atoms. The highest BCUT2D eigenvalue weighted by atomic mass is 32.3. The Bertz CT molecular complexity index is 916. The minimum absolute atomic E-state index is 0.223. The smallest absolute Gasteiger partial charge is 0.414 e. The number of nitrogens with zero attached hydrogens (tertiary/aromatic N) is 2. The Morgan fingerprint density at radius 2 is 1.90 bits per heavy atom. The maximum Gasteiger partial charge on any atom is 0.414 e. The zero-order valence-electron chi connectivity index (χ0n) is 15.8. The molecule has 7 nitrogen and oxygen atoms in total. The van der Waals surface area contributed by atoms with Gasteiger partial charge < -0.3 is 15.4 Å². The summed E-state index contributed by atoms with van der Waals surface area (Å²) in [4.78, 5) is 15.4. The van der Waals surface area contributed by atoms with Gasteiger partial charge in [-0.25, -0.2) is 9.18 Å². The molecule has 4 rings (SSSR count). The van der Waals surface area contributed by atoms with Crippen molar-refractivity contribution in [2.75, 3.05) is 47.5 Å². The first kappa shape index (κ1) is 20.0. The van der Waals surface area contributed by atoms with Crippen molar-refractivity contribution < 1.29 is 23.0 Å². The topological polar surface area (TPSA) is 99.3 Å². The molecule has 4 N–H and O–H groups in total. The molecule has 0 aliphatic carbocycles. The van der Waals surface area contributed by atoms with Crippen LogP contribution in [0.15, 0.2) is 42.5 Å². The number of hydrogen-bond acceptors (Lipinski definition) is 6. The molecule has 0 saturated carbocycles. The Kier molecular flexibility index (Phi) is 5.39. The van der Waals surface area contributed by atoms with Crippen LogP contribution in [-0.4, -0.2) is 59.0 Å². The van der Waals surface area contributed by atoms with E-state index in [4.69, 9.17) is 10.5 Å². The molecule has 0 unspecified atom stereocenters. The quantitative estimate of drug-likeness (QED) is 0.700. The molecule has 29 heavy (non-hydrogen) atoms. The Morgan fingerprint density at radius 3 is 2.55 bits per heavy atom. The van der Waals surface area contributed by atoms with Gasteiger partial charge in [-0.2, -0.15) is 10.6 Å². The van der Waals surface area contributed by atoms with Crippen LogP contribution in [-0.2, 0) is 4.74 Å². The second-order valence-electron chi connectivity index (χ2n) is 7.26. The fourth-order valence-corrected chi connectivity index (χ4v) is 4.85. The van der Waals surface area contributed by atoms with Crippen LogP contribution in [0.3, 0.4) is 0 Å². The maximum atomic E-state index is 14.9. The SMILES string of the molecule is NC[C@H]1CN(c2ccc(-c3cccc(N4CCS(O)(O)CC4)c3)c(F)c2)C(=O)O1. The summed E-state index contributed by atoms with van der Waals surface area (Å²) in [6.07, 6.45) is -0.907. The van der Waals surface area contributed by atoms with Gasteiger partial charge in [0.1, 0.15) is 11.9 Å². The van der Waals surface area contributed by atoms with Gasteiger partial charge in [-0.05, 0) is 35.9 Å². The summed E-state index contributed by atoms with van der Waals surface area (Å²) in [5.74, 6) is 0.253. The van der Waals surface area contributed by atoms with Gasteiger partial charge in [0.05, 0.1) is 23.7 Å². The molecule has 2 saturated heterocycles. The molecule has 2 aromatic rings. The molecule has 1 amide bonds. The number of anilines is 2. The fourth-order valence-electron chi connectivity index (χ4n) is 3.62. The van der Waals surface area contributed by atoms with E-state index in [1.54, 1.807) is 12.1 Å². The van der Waals surface area contributed by atoms with Crippen LogP contribution in [0.4, 0.5) is 20.6 Å². The van der Waals surface area contributed by atoms with E-state index >= 15 is 0 Å². The van der Waals surface area contributed by atoms with Crippen molar-refractivity contribution in [1.29, 1.82) is 0 Å². The average Bonchev–Trinajstić information content (AvgIpc) is 3.09. The van der Waals surface area contributed by atoms with Crippen LogP contribution < -0.4 is 15.5 Å². The van der Waals surface area contributed by atoms with Gasteiger partial charge in [0.2, 0.25) is 0 Å². The lowest BCUT2D eigenvalue weighted by Crippen LogP contribution is -2.38. The monoisotopic (exact) mass is 421 g/mol. The van der Waals surface area contributed by atoms with Crippen molar-refractivity contribution in [2.45, 2.75) is 6.10 Å². The normalized spacial score (nSPS) is 22.5. The first-order valence-corrected chi connectivity index (χ1v) is 11.3. The molecule has 156 valence electrons. The zero-order chi connectivity index (χ0) is 20.6. The number of benzene rings is 2. The molecule has 9 heteroatoms. The molecule has 0 aromatic heterocycles. The number of amides is 1. The van der Waals surface area contributed by atoms with Gasteiger partial charge in [-0.3, -0.25) is 14.0 Å². The lowest BCUT2D eigenvalue weighted by atomic mass is 10.0. The molecule has 2 aliphatic rings. The standard InChI is InChI=1S/C20H24FN3O4S/c21-19-11-16(24-13-17(12-22)28-20(24)25)4-5-18(19)14-2-1-3-15(10-14)23-6-8-29(26,27)9-7-23/h1-5,10-11,17,26-27H,6-9,12-13,22H2/t17-/m0/s1. The summed E-state index contributed by atoms with van der Waals surface area (Å²) in [6, 6.07) is 12.2. The molecule has 2 aliphatic heterocycles. The van der Waals surface area contributed by atoms with Gasteiger partial charge in [-0.15, -0.1) is 0 Å². The number of halogens is 1. The number of carbonyl (C=O) groups excluding carboxylic acids is 1. The summed E-state index contributed by atoms with van der Waals surface area (Å²) in [5, 5.41) is 0. The number of ether oxygens (including phenoxy) is 1. The van der Waals surface area contributed by atoms with E-state index < -0.39 is 22.5 Å².